The highest BCUT2D eigenvalue weighted by Gasteiger charge is 2.28. The third-order valence-electron chi connectivity index (χ3n) is 2.68. The number of nitrogens with zero attached hydrogens (tertiary/aromatic N) is 1. The van der Waals surface area contributed by atoms with E-state index in [1.54, 1.807) is 0 Å². The summed E-state index contributed by atoms with van der Waals surface area (Å²) in [5, 5.41) is 5.76. The molecule has 1 aromatic heterocycles. The van der Waals surface area contributed by atoms with Crippen LogP contribution in [0.4, 0.5) is 5.82 Å². The predicted octanol–water partition coefficient (Wildman–Crippen LogP) is -0.283. The molecule has 0 spiro atoms. The molecule has 1 amide bonds. The van der Waals surface area contributed by atoms with Crippen LogP contribution in [-0.4, -0.2) is 36.1 Å². The minimum Gasteiger partial charge on any atom is -0.489 e. The van der Waals surface area contributed by atoms with Gasteiger partial charge in [-0.3, -0.25) is 9.59 Å². The molecule has 0 unspecified atom stereocenters. The Kier molecular flexibility index (Phi) is 3.81. The summed E-state index contributed by atoms with van der Waals surface area (Å²) in [7, 11) is 1.41. The van der Waals surface area contributed by atoms with E-state index >= 15 is 0 Å². The Morgan fingerprint density at radius 2 is 2.33 bits per heavy atom. The van der Waals surface area contributed by atoms with Crippen LogP contribution in [0.5, 0.6) is 5.75 Å². The second-order valence-corrected chi connectivity index (χ2v) is 4.11. The zero-order chi connectivity index (χ0) is 13.0. The Morgan fingerprint density at radius 1 is 1.56 bits per heavy atom. The van der Waals surface area contributed by atoms with Gasteiger partial charge in [0.15, 0.2) is 5.82 Å². The largest absolute Gasteiger partial charge is 0.489 e. The van der Waals surface area contributed by atoms with E-state index in [1.807, 2.05) is 0 Å². The second kappa shape index (κ2) is 5.52. The number of aromatic amines is 1. The Morgan fingerprint density at radius 3 is 3.00 bits per heavy atom. The number of aromatic nitrogens is 2. The van der Waals surface area contributed by atoms with Gasteiger partial charge in [-0.05, 0) is 12.8 Å². The van der Waals surface area contributed by atoms with Gasteiger partial charge in [0, 0.05) is 19.0 Å². The van der Waals surface area contributed by atoms with Gasteiger partial charge in [0.1, 0.15) is 0 Å². The number of carbonyl (C=O) groups excluding carboxylic acids is 1. The number of rotatable bonds is 6. The number of amides is 1. The van der Waals surface area contributed by atoms with E-state index < -0.39 is 0 Å². The average Bonchev–Trinajstić information content (AvgIpc) is 3.18. The first-order chi connectivity index (χ1) is 8.72. The molecule has 1 aliphatic carbocycles. The topological polar surface area (TPSA) is 96.1 Å². The van der Waals surface area contributed by atoms with Crippen LogP contribution >= 0.6 is 0 Å². The number of hydrogen-bond donors (Lipinski definition) is 3. The number of H-pyrrole nitrogens is 1. The summed E-state index contributed by atoms with van der Waals surface area (Å²) in [5.74, 6) is 0.827. The number of ether oxygens (including phenoxy) is 1. The molecular weight excluding hydrogens is 236 g/mol. The van der Waals surface area contributed by atoms with Crippen molar-refractivity contribution in [1.82, 2.24) is 15.3 Å². The molecule has 0 aliphatic heterocycles. The average molecular weight is 252 g/mol. The summed E-state index contributed by atoms with van der Waals surface area (Å²) in [6.45, 7) is 0.984. The molecule has 18 heavy (non-hydrogen) atoms. The molecule has 0 bridgehead atoms. The lowest BCUT2D eigenvalue weighted by Crippen LogP contribution is -2.30. The van der Waals surface area contributed by atoms with E-state index in [1.165, 1.54) is 13.4 Å². The molecule has 7 nitrogen and oxygen atoms in total. The highest BCUT2D eigenvalue weighted by atomic mass is 16.5. The molecule has 2 rings (SSSR count). The molecule has 98 valence electrons. The molecule has 3 N–H and O–H groups in total. The summed E-state index contributed by atoms with van der Waals surface area (Å²) >= 11 is 0. The first-order valence-electron chi connectivity index (χ1n) is 5.85. The first-order valence-corrected chi connectivity index (χ1v) is 5.85. The van der Waals surface area contributed by atoms with Crippen LogP contribution < -0.4 is 20.9 Å². The number of anilines is 1. The van der Waals surface area contributed by atoms with E-state index in [0.717, 1.165) is 12.8 Å². The SMILES string of the molecule is COc1c(NCCNC(=O)C2CC2)nc[nH]c1=O. The van der Waals surface area contributed by atoms with Crippen LogP contribution in [0.15, 0.2) is 11.1 Å². The van der Waals surface area contributed by atoms with E-state index in [2.05, 4.69) is 20.6 Å². The first kappa shape index (κ1) is 12.4. The summed E-state index contributed by atoms with van der Waals surface area (Å²) in [6.07, 6.45) is 3.28. The van der Waals surface area contributed by atoms with Gasteiger partial charge < -0.3 is 20.4 Å². The fourth-order valence-corrected chi connectivity index (χ4v) is 1.56. The van der Waals surface area contributed by atoms with E-state index in [-0.39, 0.29) is 23.1 Å². The van der Waals surface area contributed by atoms with Crippen LogP contribution in [0, 0.1) is 5.92 Å². The number of methoxy groups -OCH3 is 1. The third kappa shape index (κ3) is 2.99. The van der Waals surface area contributed by atoms with Gasteiger partial charge in [0.2, 0.25) is 11.7 Å². The van der Waals surface area contributed by atoms with Gasteiger partial charge in [0.05, 0.1) is 13.4 Å². The number of nitrogens with one attached hydrogen (secondary N) is 3. The fourth-order valence-electron chi connectivity index (χ4n) is 1.56. The zero-order valence-corrected chi connectivity index (χ0v) is 10.2. The Bertz CT molecular complexity index is 481. The minimum absolute atomic E-state index is 0.0997. The maximum atomic E-state index is 11.4. The van der Waals surface area contributed by atoms with Crippen LogP contribution in [0.3, 0.4) is 0 Å². The van der Waals surface area contributed by atoms with Crippen LogP contribution in [0.1, 0.15) is 12.8 Å². The third-order valence-corrected chi connectivity index (χ3v) is 2.68. The molecule has 1 aliphatic rings. The molecule has 1 fully saturated rings. The highest BCUT2D eigenvalue weighted by molar-refractivity contribution is 5.80. The van der Waals surface area contributed by atoms with Crippen molar-refractivity contribution in [2.24, 2.45) is 5.92 Å². The fraction of sp³-hybridized carbons (Fsp3) is 0.545. The minimum atomic E-state index is -0.336. The molecule has 0 atom stereocenters. The lowest BCUT2D eigenvalue weighted by atomic mass is 10.4. The Balaban J connectivity index is 1.80. The van der Waals surface area contributed by atoms with Gasteiger partial charge in [-0.15, -0.1) is 0 Å². The molecule has 0 saturated heterocycles. The van der Waals surface area contributed by atoms with Crippen molar-refractivity contribution in [3.8, 4) is 5.75 Å². The maximum absolute atomic E-state index is 11.4. The van der Waals surface area contributed by atoms with Crippen molar-refractivity contribution in [3.63, 3.8) is 0 Å². The molecule has 1 aromatic rings. The van der Waals surface area contributed by atoms with Gasteiger partial charge >= 0.3 is 0 Å². The lowest BCUT2D eigenvalue weighted by molar-refractivity contribution is -0.122. The van der Waals surface area contributed by atoms with Crippen LogP contribution in [0.25, 0.3) is 0 Å². The number of carbonyl (C=O) groups is 1. The van der Waals surface area contributed by atoms with Crippen molar-refractivity contribution >= 4 is 11.7 Å². The number of hydrogen-bond acceptors (Lipinski definition) is 5. The van der Waals surface area contributed by atoms with Crippen molar-refractivity contribution in [3.05, 3.63) is 16.7 Å². The Hall–Kier alpha value is -2.05. The van der Waals surface area contributed by atoms with Gasteiger partial charge in [-0.1, -0.05) is 0 Å². The molecule has 1 heterocycles. The van der Waals surface area contributed by atoms with Crippen molar-refractivity contribution in [2.45, 2.75) is 12.8 Å². The molecular formula is C11H16N4O3. The zero-order valence-electron chi connectivity index (χ0n) is 10.2. The molecule has 1 saturated carbocycles. The van der Waals surface area contributed by atoms with Crippen LogP contribution in [0.2, 0.25) is 0 Å². The summed E-state index contributed by atoms with van der Waals surface area (Å²) in [6, 6.07) is 0. The van der Waals surface area contributed by atoms with Gasteiger partial charge in [-0.2, -0.15) is 0 Å². The quantitative estimate of drug-likeness (QED) is 0.605. The van der Waals surface area contributed by atoms with Crippen molar-refractivity contribution < 1.29 is 9.53 Å². The van der Waals surface area contributed by atoms with E-state index in [0.29, 0.717) is 18.9 Å². The predicted molar refractivity (Wildman–Crippen MR) is 65.6 cm³/mol. The molecule has 7 heteroatoms. The maximum Gasteiger partial charge on any atom is 0.295 e. The van der Waals surface area contributed by atoms with Crippen molar-refractivity contribution in [2.75, 3.05) is 25.5 Å². The second-order valence-electron chi connectivity index (χ2n) is 4.11. The molecule has 0 aromatic carbocycles. The van der Waals surface area contributed by atoms with Crippen LogP contribution in [-0.2, 0) is 4.79 Å². The standard InChI is InChI=1S/C11H16N4O3/c1-18-8-9(14-6-15-11(8)17)12-4-5-13-10(16)7-2-3-7/h6-7H,2-5H2,1H3,(H,13,16)(H2,12,14,15,17). The monoisotopic (exact) mass is 252 g/mol. The van der Waals surface area contributed by atoms with E-state index in [9.17, 15) is 9.59 Å². The van der Waals surface area contributed by atoms with Gasteiger partial charge in [0.25, 0.3) is 5.56 Å². The summed E-state index contributed by atoms with van der Waals surface area (Å²) in [4.78, 5) is 29.1. The van der Waals surface area contributed by atoms with E-state index in [4.69, 9.17) is 4.74 Å². The molecule has 0 radical (unpaired) electrons. The summed E-state index contributed by atoms with van der Waals surface area (Å²) < 4.78 is 4.95. The van der Waals surface area contributed by atoms with Crippen molar-refractivity contribution in [1.29, 1.82) is 0 Å². The highest BCUT2D eigenvalue weighted by Crippen LogP contribution is 2.28. The summed E-state index contributed by atoms with van der Waals surface area (Å²) in [5.41, 5.74) is -0.336. The lowest BCUT2D eigenvalue weighted by Gasteiger charge is -2.09. The normalized spacial score (nSPS) is 14.1. The van der Waals surface area contributed by atoms with Gasteiger partial charge in [-0.25, -0.2) is 4.98 Å². The smallest absolute Gasteiger partial charge is 0.295 e. The Labute approximate surface area is 104 Å².